The number of aliphatic hydroxyl groups excluding tert-OH is 1. The van der Waals surface area contributed by atoms with E-state index in [-0.39, 0.29) is 11.5 Å². The second-order valence-corrected chi connectivity index (χ2v) is 8.81. The molecule has 0 bridgehead atoms. The van der Waals surface area contributed by atoms with Crippen LogP contribution >= 0.6 is 15.9 Å². The maximum Gasteiger partial charge on any atom is 0.169 e. The molecule has 0 unspecified atom stereocenters. The van der Waals surface area contributed by atoms with Crippen molar-refractivity contribution in [2.45, 2.75) is 64.4 Å². The molecule has 0 aromatic carbocycles. The van der Waals surface area contributed by atoms with Gasteiger partial charge in [-0.15, -0.1) is 0 Å². The second kappa shape index (κ2) is 4.92. The van der Waals surface area contributed by atoms with E-state index in [0.717, 1.165) is 42.0 Å². The predicted octanol–water partition coefficient (Wildman–Crippen LogP) is 4.21. The summed E-state index contributed by atoms with van der Waals surface area (Å²) in [7, 11) is 0. The van der Waals surface area contributed by atoms with Gasteiger partial charge in [0.1, 0.15) is 0 Å². The van der Waals surface area contributed by atoms with E-state index in [1.165, 1.54) is 31.3 Å². The third-order valence-corrected chi connectivity index (χ3v) is 8.31. The molecule has 0 aliphatic heterocycles. The zero-order chi connectivity index (χ0) is 14.8. The van der Waals surface area contributed by atoms with E-state index < -0.39 is 0 Å². The van der Waals surface area contributed by atoms with Crippen LogP contribution in [-0.4, -0.2) is 17.0 Å². The highest BCUT2D eigenvalue weighted by molar-refractivity contribution is 9.12. The number of carbonyl (C=O) groups is 1. The summed E-state index contributed by atoms with van der Waals surface area (Å²) in [4.78, 5) is 11.9. The van der Waals surface area contributed by atoms with Gasteiger partial charge in [0.2, 0.25) is 0 Å². The van der Waals surface area contributed by atoms with Gasteiger partial charge < -0.3 is 5.11 Å². The molecule has 0 radical (unpaired) electrons. The van der Waals surface area contributed by atoms with E-state index in [1.54, 1.807) is 0 Å². The van der Waals surface area contributed by atoms with Crippen molar-refractivity contribution < 1.29 is 9.90 Å². The lowest BCUT2D eigenvalue weighted by Crippen LogP contribution is -2.47. The number of rotatable bonds is 0. The summed E-state index contributed by atoms with van der Waals surface area (Å²) < 4.78 is 0.914. The Morgan fingerprint density at radius 3 is 2.71 bits per heavy atom. The molecule has 116 valence electrons. The lowest BCUT2D eigenvalue weighted by atomic mass is 9.52. The van der Waals surface area contributed by atoms with Gasteiger partial charge in [0, 0.05) is 6.42 Å². The minimum atomic E-state index is -0.0833. The Kier molecular flexibility index (Phi) is 3.39. The monoisotopic (exact) mass is 352 g/mol. The number of ketones is 1. The van der Waals surface area contributed by atoms with Gasteiger partial charge in [-0.25, -0.2) is 0 Å². The van der Waals surface area contributed by atoms with Crippen molar-refractivity contribution >= 4 is 21.7 Å². The highest BCUT2D eigenvalue weighted by atomic mass is 79.9. The summed E-state index contributed by atoms with van der Waals surface area (Å²) in [5.41, 5.74) is 1.60. The zero-order valence-corrected chi connectivity index (χ0v) is 14.4. The first kappa shape index (κ1) is 14.4. The first-order valence-electron chi connectivity index (χ1n) is 8.62. The third kappa shape index (κ3) is 1.96. The average Bonchev–Trinajstić information content (AvgIpc) is 2.78. The minimum Gasteiger partial charge on any atom is -0.393 e. The Morgan fingerprint density at radius 1 is 1.10 bits per heavy atom. The molecule has 4 rings (SSSR count). The first-order valence-corrected chi connectivity index (χ1v) is 9.41. The molecular weight excluding hydrogens is 328 g/mol. The number of fused-ring (bicyclic) bond motifs is 5. The molecule has 21 heavy (non-hydrogen) atoms. The fourth-order valence-electron chi connectivity index (χ4n) is 6.21. The van der Waals surface area contributed by atoms with Gasteiger partial charge in [-0.3, -0.25) is 4.79 Å². The Labute approximate surface area is 135 Å². The van der Waals surface area contributed by atoms with E-state index in [1.807, 2.05) is 0 Å². The van der Waals surface area contributed by atoms with Crippen molar-refractivity contribution in [3.63, 3.8) is 0 Å². The van der Waals surface area contributed by atoms with Crippen LogP contribution in [0.15, 0.2) is 10.1 Å². The van der Waals surface area contributed by atoms with Crippen molar-refractivity contribution in [2.75, 3.05) is 0 Å². The summed E-state index contributed by atoms with van der Waals surface area (Å²) in [5, 5.41) is 10.4. The molecule has 0 saturated heterocycles. The SMILES string of the molecule is C[C@]12CC[C@H]3[C@H](CCC4=C(Br)C(=O)CC[C@H]43)[C@@H]1CC[C@H]2O. The van der Waals surface area contributed by atoms with Gasteiger partial charge in [-0.05, 0) is 95.5 Å². The molecule has 3 saturated carbocycles. The number of hydrogen-bond donors (Lipinski definition) is 1. The average molecular weight is 353 g/mol. The van der Waals surface area contributed by atoms with Crippen LogP contribution in [0.4, 0.5) is 0 Å². The molecule has 0 aromatic rings. The predicted molar refractivity (Wildman–Crippen MR) is 86.0 cm³/mol. The zero-order valence-electron chi connectivity index (χ0n) is 12.8. The molecule has 4 aliphatic carbocycles. The van der Waals surface area contributed by atoms with Gasteiger partial charge in [-0.2, -0.15) is 0 Å². The quantitative estimate of drug-likeness (QED) is 0.708. The van der Waals surface area contributed by atoms with E-state index in [2.05, 4.69) is 22.9 Å². The van der Waals surface area contributed by atoms with Crippen LogP contribution in [0.1, 0.15) is 58.3 Å². The van der Waals surface area contributed by atoms with Gasteiger partial charge in [0.15, 0.2) is 5.78 Å². The van der Waals surface area contributed by atoms with Crippen LogP contribution in [0.25, 0.3) is 0 Å². The Hall–Kier alpha value is -0.150. The number of hydrogen-bond acceptors (Lipinski definition) is 2. The fraction of sp³-hybridized carbons (Fsp3) is 0.833. The summed E-state index contributed by atoms with van der Waals surface area (Å²) in [6, 6.07) is 0. The number of allylic oxidation sites excluding steroid dienone is 1. The van der Waals surface area contributed by atoms with E-state index in [0.29, 0.717) is 17.6 Å². The molecule has 0 heterocycles. The van der Waals surface area contributed by atoms with E-state index in [4.69, 9.17) is 0 Å². The van der Waals surface area contributed by atoms with Gasteiger partial charge >= 0.3 is 0 Å². The molecule has 0 spiro atoms. The van der Waals surface area contributed by atoms with Crippen LogP contribution < -0.4 is 0 Å². The van der Waals surface area contributed by atoms with Crippen molar-refractivity contribution in [1.29, 1.82) is 0 Å². The van der Waals surface area contributed by atoms with Crippen LogP contribution in [0, 0.1) is 29.1 Å². The van der Waals surface area contributed by atoms with Gasteiger partial charge in [-0.1, -0.05) is 6.92 Å². The van der Waals surface area contributed by atoms with Crippen LogP contribution in [0.5, 0.6) is 0 Å². The maximum atomic E-state index is 11.9. The summed E-state index contributed by atoms with van der Waals surface area (Å²) in [6.45, 7) is 2.33. The third-order valence-electron chi connectivity index (χ3n) is 7.36. The summed E-state index contributed by atoms with van der Waals surface area (Å²) in [6.07, 6.45) is 8.67. The molecule has 3 fully saturated rings. The summed E-state index contributed by atoms with van der Waals surface area (Å²) in [5.74, 6) is 3.21. The second-order valence-electron chi connectivity index (χ2n) is 8.02. The molecule has 3 heteroatoms. The van der Waals surface area contributed by atoms with Gasteiger partial charge in [0.25, 0.3) is 0 Å². The normalized spacial score (nSPS) is 49.7. The number of halogens is 1. The molecule has 2 nitrogen and oxygen atoms in total. The van der Waals surface area contributed by atoms with Crippen molar-refractivity contribution in [1.82, 2.24) is 0 Å². The van der Waals surface area contributed by atoms with Crippen molar-refractivity contribution in [3.05, 3.63) is 10.1 Å². The lowest BCUT2D eigenvalue weighted by molar-refractivity contribution is -0.116. The number of Topliss-reactive ketones (excluding diaryl/α,β-unsaturated/α-hetero) is 1. The number of aliphatic hydroxyl groups is 1. The Bertz CT molecular complexity index is 511. The van der Waals surface area contributed by atoms with Crippen molar-refractivity contribution in [2.24, 2.45) is 29.1 Å². The van der Waals surface area contributed by atoms with E-state index in [9.17, 15) is 9.90 Å². The maximum absolute atomic E-state index is 11.9. The highest BCUT2D eigenvalue weighted by Gasteiger charge is 2.56. The van der Waals surface area contributed by atoms with Crippen LogP contribution in [-0.2, 0) is 4.79 Å². The standard InChI is InChI=1S/C18H25BrO2/c1-18-9-8-11-10-4-6-15(20)17(19)13(10)3-2-12(11)14(18)5-7-16(18)21/h10-12,14,16,21H,2-9H2,1H3/t10-,11+,12-,14-,16+,18-/m0/s1. The Balaban J connectivity index is 1.66. The molecule has 4 aliphatic rings. The van der Waals surface area contributed by atoms with Gasteiger partial charge in [0.05, 0.1) is 10.6 Å². The molecule has 6 atom stereocenters. The van der Waals surface area contributed by atoms with Crippen LogP contribution in [0.3, 0.4) is 0 Å². The minimum absolute atomic E-state index is 0.0833. The van der Waals surface area contributed by atoms with E-state index >= 15 is 0 Å². The number of carbonyl (C=O) groups excluding carboxylic acids is 1. The molecule has 1 N–H and O–H groups in total. The smallest absolute Gasteiger partial charge is 0.169 e. The molecular formula is C18H25BrO2. The molecule has 0 aromatic heterocycles. The van der Waals surface area contributed by atoms with Crippen LogP contribution in [0.2, 0.25) is 0 Å². The largest absolute Gasteiger partial charge is 0.393 e. The highest BCUT2D eigenvalue weighted by Crippen LogP contribution is 2.62. The fourth-order valence-corrected chi connectivity index (χ4v) is 6.90. The topological polar surface area (TPSA) is 37.3 Å². The molecule has 0 amide bonds. The lowest BCUT2D eigenvalue weighted by Gasteiger charge is -2.53. The first-order chi connectivity index (χ1) is 10.0. The van der Waals surface area contributed by atoms with Crippen molar-refractivity contribution in [3.8, 4) is 0 Å². The summed E-state index contributed by atoms with van der Waals surface area (Å²) >= 11 is 3.58. The Morgan fingerprint density at radius 2 is 1.90 bits per heavy atom.